The van der Waals surface area contributed by atoms with Crippen LogP contribution in [0.15, 0.2) is 36.9 Å². The van der Waals surface area contributed by atoms with Crippen molar-refractivity contribution in [2.24, 2.45) is 0 Å². The van der Waals surface area contributed by atoms with Crippen molar-refractivity contribution in [2.45, 2.75) is 32.3 Å². The summed E-state index contributed by atoms with van der Waals surface area (Å²) in [4.78, 5) is 23.0. The maximum Gasteiger partial charge on any atom is 0.311 e. The van der Waals surface area contributed by atoms with Crippen LogP contribution >= 0.6 is 11.6 Å². The number of carbonyl (C=O) groups excluding carboxylic acids is 2. The molecule has 0 amide bonds. The van der Waals surface area contributed by atoms with Crippen LogP contribution in [0.2, 0.25) is 5.02 Å². The van der Waals surface area contributed by atoms with Crippen molar-refractivity contribution >= 4 is 23.5 Å². The van der Waals surface area contributed by atoms with Crippen molar-refractivity contribution in [1.82, 2.24) is 0 Å². The number of halogens is 1. The van der Waals surface area contributed by atoms with Gasteiger partial charge in [-0.05, 0) is 25.1 Å². The van der Waals surface area contributed by atoms with Crippen LogP contribution in [0.5, 0.6) is 5.75 Å². The van der Waals surface area contributed by atoms with E-state index in [1.165, 1.54) is 6.07 Å². The lowest BCUT2D eigenvalue weighted by Crippen LogP contribution is -2.16. The predicted molar refractivity (Wildman–Crippen MR) is 76.7 cm³/mol. The molecule has 0 bridgehead atoms. The lowest BCUT2D eigenvalue weighted by atomic mass is 10.2. The van der Waals surface area contributed by atoms with E-state index < -0.39 is 11.9 Å². The zero-order chi connectivity index (χ0) is 15.0. The van der Waals surface area contributed by atoms with Gasteiger partial charge in [0.2, 0.25) is 0 Å². The van der Waals surface area contributed by atoms with Crippen LogP contribution in [-0.4, -0.2) is 18.0 Å². The molecule has 108 valence electrons. The predicted octanol–water partition coefficient (Wildman–Crippen LogP) is 3.53. The molecule has 1 atom stereocenters. The summed E-state index contributed by atoms with van der Waals surface area (Å²) in [6.07, 6.45) is 1.97. The molecule has 1 aromatic rings. The molecule has 1 aromatic carbocycles. The second-order valence-corrected chi connectivity index (χ2v) is 4.69. The molecule has 0 N–H and O–H groups in total. The van der Waals surface area contributed by atoms with Crippen molar-refractivity contribution in [3.8, 4) is 5.75 Å². The monoisotopic (exact) mass is 296 g/mol. The molecule has 1 unspecified atom stereocenters. The second-order valence-electron chi connectivity index (χ2n) is 4.26. The van der Waals surface area contributed by atoms with Gasteiger partial charge in [0.25, 0.3) is 0 Å². The second kappa shape index (κ2) is 8.38. The molecule has 0 saturated heterocycles. The van der Waals surface area contributed by atoms with Gasteiger partial charge in [0.15, 0.2) is 0 Å². The highest BCUT2D eigenvalue weighted by molar-refractivity contribution is 6.30. The molecule has 0 radical (unpaired) electrons. The van der Waals surface area contributed by atoms with Crippen LogP contribution in [0.4, 0.5) is 0 Å². The van der Waals surface area contributed by atoms with Crippen molar-refractivity contribution in [1.29, 1.82) is 0 Å². The number of ether oxygens (including phenoxy) is 2. The highest BCUT2D eigenvalue weighted by Gasteiger charge is 2.12. The van der Waals surface area contributed by atoms with E-state index in [1.807, 2.05) is 0 Å². The molecular weight excluding hydrogens is 280 g/mol. The third kappa shape index (κ3) is 6.38. The van der Waals surface area contributed by atoms with E-state index in [2.05, 4.69) is 6.58 Å². The molecule has 0 aliphatic heterocycles. The van der Waals surface area contributed by atoms with Crippen molar-refractivity contribution in [3.05, 3.63) is 41.9 Å². The van der Waals surface area contributed by atoms with Crippen LogP contribution in [0, 0.1) is 0 Å². The first-order valence-corrected chi connectivity index (χ1v) is 6.65. The molecule has 20 heavy (non-hydrogen) atoms. The summed E-state index contributed by atoms with van der Waals surface area (Å²) >= 11 is 5.77. The standard InChI is InChI=1S/C15H17ClO4/c1-3-5-11(2)19-14(17)8-9-15(18)20-13-7-4-6-12(16)10-13/h3-4,6-7,10-11H,1,5,8-9H2,2H3. The summed E-state index contributed by atoms with van der Waals surface area (Å²) in [5.74, 6) is -0.570. The van der Waals surface area contributed by atoms with E-state index in [9.17, 15) is 9.59 Å². The normalized spacial score (nSPS) is 11.5. The van der Waals surface area contributed by atoms with Gasteiger partial charge in [-0.1, -0.05) is 23.7 Å². The molecular formula is C15H17ClO4. The minimum absolute atomic E-state index is 0.0130. The maximum atomic E-state index is 11.6. The minimum Gasteiger partial charge on any atom is -0.462 e. The van der Waals surface area contributed by atoms with Gasteiger partial charge in [-0.2, -0.15) is 0 Å². The summed E-state index contributed by atoms with van der Waals surface area (Å²) < 4.78 is 10.1. The summed E-state index contributed by atoms with van der Waals surface area (Å²) in [6, 6.07) is 6.51. The summed E-state index contributed by atoms with van der Waals surface area (Å²) in [6.45, 7) is 5.33. The van der Waals surface area contributed by atoms with Gasteiger partial charge >= 0.3 is 11.9 Å². The first-order valence-electron chi connectivity index (χ1n) is 6.28. The SMILES string of the molecule is C=CCC(C)OC(=O)CCC(=O)Oc1cccc(Cl)c1. The number of hydrogen-bond acceptors (Lipinski definition) is 4. The van der Waals surface area contributed by atoms with E-state index in [0.29, 0.717) is 17.2 Å². The molecule has 0 aliphatic carbocycles. The van der Waals surface area contributed by atoms with E-state index >= 15 is 0 Å². The van der Waals surface area contributed by atoms with E-state index in [1.54, 1.807) is 31.2 Å². The average Bonchev–Trinajstić information content (AvgIpc) is 2.36. The molecule has 5 heteroatoms. The first-order chi connectivity index (χ1) is 9.51. The van der Waals surface area contributed by atoms with Crippen LogP contribution in [-0.2, 0) is 14.3 Å². The van der Waals surface area contributed by atoms with Crippen molar-refractivity contribution in [2.75, 3.05) is 0 Å². The Balaban J connectivity index is 2.32. The fourth-order valence-electron chi connectivity index (χ4n) is 1.48. The van der Waals surface area contributed by atoms with Gasteiger partial charge in [-0.25, -0.2) is 0 Å². The molecule has 0 aliphatic rings. The number of hydrogen-bond donors (Lipinski definition) is 0. The zero-order valence-electron chi connectivity index (χ0n) is 11.3. The van der Waals surface area contributed by atoms with Gasteiger partial charge in [-0.15, -0.1) is 6.58 Å². The molecule has 0 heterocycles. The van der Waals surface area contributed by atoms with E-state index in [0.717, 1.165) is 0 Å². The smallest absolute Gasteiger partial charge is 0.311 e. The van der Waals surface area contributed by atoms with E-state index in [-0.39, 0.29) is 18.9 Å². The minimum atomic E-state index is -0.499. The number of rotatable bonds is 7. The highest BCUT2D eigenvalue weighted by atomic mass is 35.5. The van der Waals surface area contributed by atoms with Gasteiger partial charge in [0.05, 0.1) is 12.8 Å². The Labute approximate surface area is 123 Å². The zero-order valence-corrected chi connectivity index (χ0v) is 12.1. The molecule has 4 nitrogen and oxygen atoms in total. The molecule has 0 aromatic heterocycles. The van der Waals surface area contributed by atoms with Crippen LogP contribution < -0.4 is 4.74 Å². The topological polar surface area (TPSA) is 52.6 Å². The maximum absolute atomic E-state index is 11.6. The van der Waals surface area contributed by atoms with E-state index in [4.69, 9.17) is 21.1 Å². The quantitative estimate of drug-likeness (QED) is 0.439. The fraction of sp³-hybridized carbons (Fsp3) is 0.333. The average molecular weight is 297 g/mol. The number of esters is 2. The molecule has 0 fully saturated rings. The molecule has 0 spiro atoms. The van der Waals surface area contributed by atoms with Crippen LogP contribution in [0.25, 0.3) is 0 Å². The van der Waals surface area contributed by atoms with Crippen molar-refractivity contribution in [3.63, 3.8) is 0 Å². The van der Waals surface area contributed by atoms with Crippen molar-refractivity contribution < 1.29 is 19.1 Å². The van der Waals surface area contributed by atoms with Crippen LogP contribution in [0.1, 0.15) is 26.2 Å². The fourth-order valence-corrected chi connectivity index (χ4v) is 1.66. The molecule has 1 rings (SSSR count). The third-order valence-electron chi connectivity index (χ3n) is 2.39. The van der Waals surface area contributed by atoms with Gasteiger partial charge in [-0.3, -0.25) is 9.59 Å². The Bertz CT molecular complexity index is 485. The molecule has 0 saturated carbocycles. The van der Waals surface area contributed by atoms with Gasteiger partial charge in [0.1, 0.15) is 11.9 Å². The van der Waals surface area contributed by atoms with Gasteiger partial charge < -0.3 is 9.47 Å². The lowest BCUT2D eigenvalue weighted by Gasteiger charge is -2.10. The summed E-state index contributed by atoms with van der Waals surface area (Å²) in [7, 11) is 0. The summed E-state index contributed by atoms with van der Waals surface area (Å²) in [5.41, 5.74) is 0. The number of benzene rings is 1. The highest BCUT2D eigenvalue weighted by Crippen LogP contribution is 2.17. The van der Waals surface area contributed by atoms with Gasteiger partial charge in [0, 0.05) is 11.4 Å². The lowest BCUT2D eigenvalue weighted by molar-refractivity contribution is -0.150. The third-order valence-corrected chi connectivity index (χ3v) is 2.63. The Kier molecular flexibility index (Phi) is 6.81. The first kappa shape index (κ1) is 16.2. The Morgan fingerprint density at radius 3 is 2.70 bits per heavy atom. The summed E-state index contributed by atoms with van der Waals surface area (Å²) in [5, 5.41) is 0.480. The largest absolute Gasteiger partial charge is 0.462 e. The van der Waals surface area contributed by atoms with Crippen LogP contribution in [0.3, 0.4) is 0 Å². The Morgan fingerprint density at radius 1 is 1.35 bits per heavy atom. The number of carbonyl (C=O) groups is 2. The Hall–Kier alpha value is -1.81. The Morgan fingerprint density at radius 2 is 2.05 bits per heavy atom.